The Morgan fingerprint density at radius 3 is 2.60 bits per heavy atom. The van der Waals surface area contributed by atoms with Crippen LogP contribution in [0.1, 0.15) is 36.0 Å². The number of sulfone groups is 1. The van der Waals surface area contributed by atoms with Gasteiger partial charge in [-0.2, -0.15) is 0 Å². The van der Waals surface area contributed by atoms with E-state index in [0.717, 1.165) is 19.1 Å². The molecule has 0 spiro atoms. The molecular weight excluding hydrogens is 280 g/mol. The molecule has 0 heterocycles. The summed E-state index contributed by atoms with van der Waals surface area (Å²) in [5.74, 6) is -0.854. The van der Waals surface area contributed by atoms with Gasteiger partial charge >= 0.3 is 5.97 Å². The van der Waals surface area contributed by atoms with Crippen molar-refractivity contribution < 1.29 is 22.7 Å². The number of carbonyl (C=O) groups excluding carboxylic acids is 2. The molecule has 1 aromatic carbocycles. The minimum absolute atomic E-state index is 0.0200. The van der Waals surface area contributed by atoms with E-state index in [4.69, 9.17) is 4.74 Å². The largest absolute Gasteiger partial charge is 0.451 e. The van der Waals surface area contributed by atoms with Gasteiger partial charge in [0.25, 0.3) is 0 Å². The summed E-state index contributed by atoms with van der Waals surface area (Å²) < 4.78 is 28.5. The average molecular weight is 296 g/mol. The fraction of sp³-hybridized carbons (Fsp3) is 0.429. The third-order valence-electron chi connectivity index (χ3n) is 3.25. The average Bonchev–Trinajstić information content (AvgIpc) is 2.40. The summed E-state index contributed by atoms with van der Waals surface area (Å²) in [7, 11) is -3.52. The van der Waals surface area contributed by atoms with Crippen molar-refractivity contribution in [3.05, 3.63) is 29.8 Å². The van der Waals surface area contributed by atoms with E-state index in [1.54, 1.807) is 12.1 Å². The molecular formula is C14H16O5S. The quantitative estimate of drug-likeness (QED) is 0.794. The number of Topliss-reactive ketones (excluding diaryl/α,β-unsaturated/α-hetero) is 1. The van der Waals surface area contributed by atoms with Crippen LogP contribution in [0, 0.1) is 0 Å². The van der Waals surface area contributed by atoms with Gasteiger partial charge < -0.3 is 4.74 Å². The van der Waals surface area contributed by atoms with Crippen molar-refractivity contribution in [1.29, 1.82) is 0 Å². The van der Waals surface area contributed by atoms with Gasteiger partial charge in [0, 0.05) is 12.7 Å². The number of ketones is 1. The third-order valence-corrected chi connectivity index (χ3v) is 4.41. The van der Waals surface area contributed by atoms with E-state index in [0.29, 0.717) is 12.8 Å². The molecule has 1 aromatic rings. The van der Waals surface area contributed by atoms with Gasteiger partial charge in [0.2, 0.25) is 0 Å². The second-order valence-corrected chi connectivity index (χ2v) is 6.86. The maximum Gasteiger partial charge on any atom is 0.340 e. The molecule has 0 bridgehead atoms. The summed E-state index contributed by atoms with van der Waals surface area (Å²) in [6.07, 6.45) is 2.84. The van der Waals surface area contributed by atoms with E-state index in [-0.39, 0.29) is 16.2 Å². The lowest BCUT2D eigenvalue weighted by molar-refractivity contribution is -0.129. The molecule has 0 radical (unpaired) electrons. The van der Waals surface area contributed by atoms with Crippen LogP contribution in [0.25, 0.3) is 0 Å². The first-order valence-electron chi connectivity index (χ1n) is 6.42. The van der Waals surface area contributed by atoms with Crippen LogP contribution in [-0.2, 0) is 19.4 Å². The predicted molar refractivity (Wildman–Crippen MR) is 72.2 cm³/mol. The molecule has 0 saturated heterocycles. The van der Waals surface area contributed by atoms with E-state index in [1.165, 1.54) is 12.1 Å². The fourth-order valence-corrected chi connectivity index (χ4v) is 3.10. The Hall–Kier alpha value is -1.69. The first-order valence-corrected chi connectivity index (χ1v) is 8.31. The Bertz CT molecular complexity index is 633. The van der Waals surface area contributed by atoms with Crippen LogP contribution >= 0.6 is 0 Å². The first-order chi connectivity index (χ1) is 9.39. The molecule has 0 aliphatic heterocycles. The molecule has 5 nitrogen and oxygen atoms in total. The zero-order valence-electron chi connectivity index (χ0n) is 11.2. The number of carbonyl (C=O) groups is 2. The Balaban J connectivity index is 2.24. The SMILES string of the molecule is CS(=O)(=O)c1ccccc1C(=O)O[C@H]1CCCCC1=O. The molecule has 1 aliphatic rings. The highest BCUT2D eigenvalue weighted by Gasteiger charge is 2.28. The molecule has 1 fully saturated rings. The summed E-state index contributed by atoms with van der Waals surface area (Å²) in [6, 6.07) is 5.85. The Labute approximate surface area is 117 Å². The lowest BCUT2D eigenvalue weighted by Crippen LogP contribution is -2.30. The van der Waals surface area contributed by atoms with E-state index >= 15 is 0 Å². The van der Waals surface area contributed by atoms with Crippen molar-refractivity contribution in [1.82, 2.24) is 0 Å². The zero-order valence-corrected chi connectivity index (χ0v) is 12.0. The number of hydrogen-bond acceptors (Lipinski definition) is 5. The van der Waals surface area contributed by atoms with Gasteiger partial charge in [-0.3, -0.25) is 4.79 Å². The molecule has 20 heavy (non-hydrogen) atoms. The molecule has 6 heteroatoms. The van der Waals surface area contributed by atoms with Gasteiger partial charge in [0.1, 0.15) is 0 Å². The topological polar surface area (TPSA) is 77.5 Å². The fourth-order valence-electron chi connectivity index (χ4n) is 2.23. The van der Waals surface area contributed by atoms with Crippen LogP contribution in [0.2, 0.25) is 0 Å². The van der Waals surface area contributed by atoms with Crippen molar-refractivity contribution in [3.63, 3.8) is 0 Å². The van der Waals surface area contributed by atoms with Crippen LogP contribution in [0.15, 0.2) is 29.2 Å². The molecule has 2 rings (SSSR count). The third kappa shape index (κ3) is 3.25. The number of ether oxygens (including phenoxy) is 1. The molecule has 0 N–H and O–H groups in total. The highest BCUT2D eigenvalue weighted by molar-refractivity contribution is 7.90. The molecule has 108 valence electrons. The van der Waals surface area contributed by atoms with E-state index < -0.39 is 21.9 Å². The van der Waals surface area contributed by atoms with Crippen molar-refractivity contribution in [3.8, 4) is 0 Å². The smallest absolute Gasteiger partial charge is 0.340 e. The van der Waals surface area contributed by atoms with Crippen LogP contribution < -0.4 is 0 Å². The summed E-state index contributed by atoms with van der Waals surface area (Å²) in [5, 5.41) is 0. The monoisotopic (exact) mass is 296 g/mol. The standard InChI is InChI=1S/C14H16O5S/c1-20(17,18)13-9-5-2-6-10(13)14(16)19-12-8-4-3-7-11(12)15/h2,5-6,9,12H,3-4,7-8H2,1H3/t12-/m0/s1. The lowest BCUT2D eigenvalue weighted by Gasteiger charge is -2.21. The van der Waals surface area contributed by atoms with Crippen LogP contribution in [-0.4, -0.2) is 32.5 Å². The lowest BCUT2D eigenvalue weighted by atomic mass is 9.96. The minimum atomic E-state index is -3.52. The maximum atomic E-state index is 12.1. The van der Waals surface area contributed by atoms with E-state index in [2.05, 4.69) is 0 Å². The maximum absolute atomic E-state index is 12.1. The Morgan fingerprint density at radius 2 is 1.95 bits per heavy atom. The van der Waals surface area contributed by atoms with Gasteiger partial charge in [-0.15, -0.1) is 0 Å². The Morgan fingerprint density at radius 1 is 1.25 bits per heavy atom. The number of benzene rings is 1. The Kier molecular flexibility index (Phi) is 4.23. The summed E-state index contributed by atoms with van der Waals surface area (Å²) in [4.78, 5) is 23.7. The van der Waals surface area contributed by atoms with E-state index in [1.807, 2.05) is 0 Å². The van der Waals surface area contributed by atoms with Gasteiger partial charge in [0.15, 0.2) is 21.7 Å². The molecule has 0 amide bonds. The van der Waals surface area contributed by atoms with Gasteiger partial charge in [-0.05, 0) is 31.4 Å². The first kappa shape index (κ1) is 14.7. The summed E-state index contributed by atoms with van der Waals surface area (Å²) in [6.45, 7) is 0. The number of rotatable bonds is 3. The van der Waals surface area contributed by atoms with Crippen molar-refractivity contribution >= 4 is 21.6 Å². The van der Waals surface area contributed by atoms with Crippen LogP contribution in [0.4, 0.5) is 0 Å². The van der Waals surface area contributed by atoms with Crippen LogP contribution in [0.3, 0.4) is 0 Å². The zero-order chi connectivity index (χ0) is 14.8. The summed E-state index contributed by atoms with van der Waals surface area (Å²) in [5.41, 5.74) is -0.0200. The second kappa shape index (κ2) is 5.75. The van der Waals surface area contributed by atoms with Gasteiger partial charge in [-0.25, -0.2) is 13.2 Å². The van der Waals surface area contributed by atoms with E-state index in [9.17, 15) is 18.0 Å². The molecule has 0 aromatic heterocycles. The molecule has 1 aliphatic carbocycles. The predicted octanol–water partition coefficient (Wildman–Crippen LogP) is 1.76. The molecule has 1 atom stereocenters. The second-order valence-electron chi connectivity index (χ2n) is 4.87. The molecule has 0 unspecified atom stereocenters. The van der Waals surface area contributed by atoms with Gasteiger partial charge in [0.05, 0.1) is 10.5 Å². The molecule has 1 saturated carbocycles. The number of esters is 1. The summed E-state index contributed by atoms with van der Waals surface area (Å²) >= 11 is 0. The number of hydrogen-bond donors (Lipinski definition) is 0. The van der Waals surface area contributed by atoms with Crippen LogP contribution in [0.5, 0.6) is 0 Å². The van der Waals surface area contributed by atoms with Crippen molar-refractivity contribution in [2.24, 2.45) is 0 Å². The normalized spacial score (nSPS) is 19.6. The van der Waals surface area contributed by atoms with Crippen molar-refractivity contribution in [2.45, 2.75) is 36.7 Å². The van der Waals surface area contributed by atoms with Crippen molar-refractivity contribution in [2.75, 3.05) is 6.26 Å². The minimum Gasteiger partial charge on any atom is -0.451 e. The highest BCUT2D eigenvalue weighted by Crippen LogP contribution is 2.21. The van der Waals surface area contributed by atoms with Gasteiger partial charge in [-0.1, -0.05) is 12.1 Å². The highest BCUT2D eigenvalue weighted by atomic mass is 32.2.